The van der Waals surface area contributed by atoms with Crippen LogP contribution in [0.3, 0.4) is 0 Å². The Morgan fingerprint density at radius 2 is 1.22 bits per heavy atom. The summed E-state index contributed by atoms with van der Waals surface area (Å²) < 4.78 is 12.6. The van der Waals surface area contributed by atoms with Gasteiger partial charge in [-0.15, -0.1) is 0 Å². The van der Waals surface area contributed by atoms with Crippen LogP contribution in [0, 0.1) is 0 Å². The number of quaternary nitrogens is 1. The van der Waals surface area contributed by atoms with E-state index in [-0.39, 0.29) is 0 Å². The van der Waals surface area contributed by atoms with Crippen molar-refractivity contribution in [2.45, 2.75) is 115 Å². The number of nitrogens with zero attached hydrogens (tertiary/aromatic N) is 1. The third kappa shape index (κ3) is 11.4. The molecule has 2 atom stereocenters. The molecule has 0 rings (SSSR count). The van der Waals surface area contributed by atoms with Crippen molar-refractivity contribution in [2.24, 2.45) is 0 Å². The van der Waals surface area contributed by atoms with Crippen LogP contribution in [-0.2, 0) is 4.57 Å². The molecule has 0 spiro atoms. The number of unbranched alkanes of at least 4 members (excludes halogenated alkanes) is 10. The fraction of sp³-hybridized carbons (Fsp3) is 0.913. The lowest BCUT2D eigenvalue weighted by atomic mass is 9.99. The number of rotatable bonds is 18. The summed E-state index contributed by atoms with van der Waals surface area (Å²) in [6, 6.07) is 0. The molecule has 2 unspecified atom stereocenters. The van der Waals surface area contributed by atoms with Gasteiger partial charge in [0.1, 0.15) is 0 Å². The van der Waals surface area contributed by atoms with E-state index in [2.05, 4.69) is 26.0 Å². The van der Waals surface area contributed by atoms with Crippen LogP contribution >= 0.6 is 8.03 Å². The van der Waals surface area contributed by atoms with Gasteiger partial charge in [-0.2, -0.15) is 0 Å². The second-order valence-electron chi connectivity index (χ2n) is 8.98. The van der Waals surface area contributed by atoms with Gasteiger partial charge in [-0.1, -0.05) is 81.9 Å². The third-order valence-corrected chi connectivity index (χ3v) is 7.54. The van der Waals surface area contributed by atoms with E-state index in [9.17, 15) is 9.46 Å². The molecular formula is C23H47NO2P+. The Hall–Kier alpha value is -0.240. The lowest BCUT2D eigenvalue weighted by molar-refractivity contribution is -0.910. The average Bonchev–Trinajstić information content (AvgIpc) is 2.59. The highest BCUT2D eigenvalue weighted by atomic mass is 31.1. The molecule has 0 aromatic heterocycles. The topological polar surface area (TPSA) is 40.1 Å². The van der Waals surface area contributed by atoms with Gasteiger partial charge in [-0.05, 0) is 32.1 Å². The maximum absolute atomic E-state index is 12.0. The first-order valence-corrected chi connectivity index (χ1v) is 12.6. The summed E-state index contributed by atoms with van der Waals surface area (Å²) in [5.74, 6) is 0. The van der Waals surface area contributed by atoms with Gasteiger partial charge in [-0.3, -0.25) is 4.48 Å². The summed E-state index contributed by atoms with van der Waals surface area (Å²) in [5, 5.41) is -0.588. The minimum absolute atomic E-state index is 0.521. The summed E-state index contributed by atoms with van der Waals surface area (Å²) in [4.78, 5) is 12.0. The molecule has 0 aliphatic heterocycles. The van der Waals surface area contributed by atoms with E-state index in [0.29, 0.717) is 4.48 Å². The van der Waals surface area contributed by atoms with Crippen molar-refractivity contribution >= 4 is 8.03 Å². The van der Waals surface area contributed by atoms with Crippen LogP contribution in [0.25, 0.3) is 0 Å². The molecule has 0 heterocycles. The van der Waals surface area contributed by atoms with E-state index in [1.54, 1.807) is 0 Å². The molecular weight excluding hydrogens is 353 g/mol. The van der Waals surface area contributed by atoms with Gasteiger partial charge in [0.15, 0.2) is 0 Å². The second kappa shape index (κ2) is 15.7. The van der Waals surface area contributed by atoms with Gasteiger partial charge >= 0.3 is 8.03 Å². The molecule has 0 amide bonds. The Bertz CT molecular complexity index is 404. The fourth-order valence-corrected chi connectivity index (χ4v) is 5.17. The van der Waals surface area contributed by atoms with Crippen molar-refractivity contribution in [1.82, 2.24) is 0 Å². The van der Waals surface area contributed by atoms with E-state index >= 15 is 0 Å². The largest absolute Gasteiger partial charge is 0.590 e. The van der Waals surface area contributed by atoms with Crippen LogP contribution in [0.2, 0.25) is 0 Å². The molecule has 0 radical (unpaired) electrons. The van der Waals surface area contributed by atoms with Gasteiger partial charge in [0.05, 0.1) is 21.1 Å². The summed E-state index contributed by atoms with van der Waals surface area (Å²) in [5.41, 5.74) is 0. The Kier molecular flexibility index (Phi) is 15.5. The molecule has 160 valence electrons. The number of allylic oxidation sites excluding steroid dienone is 2. The van der Waals surface area contributed by atoms with Crippen molar-refractivity contribution in [3.8, 4) is 0 Å². The normalized spacial score (nSPS) is 15.3. The SMILES string of the molecule is CCC/C=C\CCCCCCCCCCCC(CCC)([P+](=O)[O-])[N+](C)(C)C. The smallest absolute Gasteiger partial charge is 0.376 e. The van der Waals surface area contributed by atoms with E-state index in [1.165, 1.54) is 64.2 Å². The fourth-order valence-electron chi connectivity index (χ4n) is 3.93. The zero-order valence-corrected chi connectivity index (χ0v) is 19.9. The number of hydrogen-bond acceptors (Lipinski definition) is 2. The van der Waals surface area contributed by atoms with Gasteiger partial charge in [-0.25, -0.2) is 0 Å². The molecule has 0 aliphatic rings. The van der Waals surface area contributed by atoms with Gasteiger partial charge in [0.25, 0.3) is 5.28 Å². The first-order valence-electron chi connectivity index (χ1n) is 11.4. The highest BCUT2D eigenvalue weighted by Crippen LogP contribution is 2.45. The van der Waals surface area contributed by atoms with Crippen molar-refractivity contribution in [2.75, 3.05) is 21.1 Å². The zero-order valence-electron chi connectivity index (χ0n) is 19.0. The molecule has 0 fully saturated rings. The van der Waals surface area contributed by atoms with Gasteiger partial charge in [0.2, 0.25) is 0 Å². The quantitative estimate of drug-likeness (QED) is 0.108. The maximum atomic E-state index is 12.0. The van der Waals surface area contributed by atoms with Crippen molar-refractivity contribution in [1.29, 1.82) is 0 Å². The molecule has 0 bridgehead atoms. The van der Waals surface area contributed by atoms with Crippen LogP contribution in [0.15, 0.2) is 12.2 Å². The minimum Gasteiger partial charge on any atom is -0.590 e. The lowest BCUT2D eigenvalue weighted by Crippen LogP contribution is -2.55. The summed E-state index contributed by atoms with van der Waals surface area (Å²) in [6.45, 7) is 4.31. The van der Waals surface area contributed by atoms with Crippen LogP contribution in [-0.4, -0.2) is 30.9 Å². The molecule has 3 nitrogen and oxygen atoms in total. The zero-order chi connectivity index (χ0) is 20.6. The highest BCUT2D eigenvalue weighted by molar-refractivity contribution is 7.38. The first kappa shape index (κ1) is 26.8. The average molecular weight is 401 g/mol. The summed E-state index contributed by atoms with van der Waals surface area (Å²) in [6.07, 6.45) is 22.3. The molecule has 0 aromatic rings. The van der Waals surface area contributed by atoms with Crippen molar-refractivity contribution in [3.63, 3.8) is 0 Å². The first-order chi connectivity index (χ1) is 12.8. The molecule has 0 saturated carbocycles. The Labute approximate surface area is 171 Å². The van der Waals surface area contributed by atoms with Crippen molar-refractivity contribution in [3.05, 3.63) is 12.2 Å². The second-order valence-corrected chi connectivity index (χ2v) is 10.3. The Morgan fingerprint density at radius 3 is 1.67 bits per heavy atom. The standard InChI is InChI=1S/C23H47NO2P/c1-6-8-9-10-11-12-13-14-15-16-17-18-19-20-22-23(21-7-2,27(25)26)24(3,4)5/h9-10H,6-8,11-22H2,1-5H3/q+1/b10-9-. The van der Waals surface area contributed by atoms with Gasteiger partial charge < -0.3 is 4.89 Å². The predicted octanol–water partition coefficient (Wildman–Crippen LogP) is 6.94. The van der Waals surface area contributed by atoms with E-state index in [4.69, 9.17) is 0 Å². The molecule has 0 aromatic carbocycles. The molecule has 4 heteroatoms. The molecule has 0 N–H and O–H groups in total. The van der Waals surface area contributed by atoms with Gasteiger partial charge in [0, 0.05) is 12.8 Å². The number of hydrogen-bond donors (Lipinski definition) is 0. The summed E-state index contributed by atoms with van der Waals surface area (Å²) in [7, 11) is 3.67. The maximum Gasteiger partial charge on any atom is 0.376 e. The minimum atomic E-state index is -2.42. The van der Waals surface area contributed by atoms with E-state index in [1.807, 2.05) is 21.1 Å². The Balaban J connectivity index is 3.81. The van der Waals surface area contributed by atoms with Crippen LogP contribution in [0.5, 0.6) is 0 Å². The molecule has 0 saturated heterocycles. The summed E-state index contributed by atoms with van der Waals surface area (Å²) >= 11 is 0. The van der Waals surface area contributed by atoms with Crippen LogP contribution in [0.1, 0.15) is 110 Å². The Morgan fingerprint density at radius 1 is 0.741 bits per heavy atom. The van der Waals surface area contributed by atoms with E-state index < -0.39 is 13.3 Å². The third-order valence-electron chi connectivity index (χ3n) is 5.81. The van der Waals surface area contributed by atoms with Crippen molar-refractivity contribution < 1.29 is 13.9 Å². The lowest BCUT2D eigenvalue weighted by Gasteiger charge is -2.39. The monoisotopic (exact) mass is 400 g/mol. The molecule has 27 heavy (non-hydrogen) atoms. The molecule has 0 aliphatic carbocycles. The van der Waals surface area contributed by atoms with E-state index in [0.717, 1.165) is 32.1 Å². The predicted molar refractivity (Wildman–Crippen MR) is 118 cm³/mol. The van der Waals surface area contributed by atoms with Crippen LogP contribution in [0.4, 0.5) is 0 Å². The van der Waals surface area contributed by atoms with Crippen LogP contribution < -0.4 is 4.89 Å². The highest BCUT2D eigenvalue weighted by Gasteiger charge is 2.53.